The summed E-state index contributed by atoms with van der Waals surface area (Å²) in [5, 5.41) is 67.9. The third-order valence-corrected chi connectivity index (χ3v) is 13.5. The topological polar surface area (TPSA) is 229 Å². The van der Waals surface area contributed by atoms with Crippen LogP contribution < -0.4 is 14.8 Å². The van der Waals surface area contributed by atoms with E-state index in [1.54, 1.807) is 47.0 Å². The second-order valence-electron chi connectivity index (χ2n) is 18.3. The Morgan fingerprint density at radius 1 is 0.912 bits per heavy atom. The molecule has 1 fully saturated rings. The number of allylic oxidation sites excluding steroid dienone is 2. The van der Waals surface area contributed by atoms with Gasteiger partial charge in [0, 0.05) is 93.9 Å². The van der Waals surface area contributed by atoms with Crippen molar-refractivity contribution in [2.45, 2.75) is 98.6 Å². The quantitative estimate of drug-likeness (QED) is 0.0661. The third-order valence-electron chi connectivity index (χ3n) is 13.5. The molecule has 0 radical (unpaired) electrons. The first-order valence-electron chi connectivity index (χ1n) is 22.9. The predicted octanol–water partition coefficient (Wildman–Crippen LogP) is 6.30. The summed E-state index contributed by atoms with van der Waals surface area (Å²) >= 11 is 0. The van der Waals surface area contributed by atoms with Crippen LogP contribution in [-0.2, 0) is 30.3 Å². The van der Waals surface area contributed by atoms with Crippen molar-refractivity contribution in [3.05, 3.63) is 82.7 Å². The average Bonchev–Trinajstić information content (AvgIpc) is 3.41. The van der Waals surface area contributed by atoms with E-state index in [9.17, 15) is 39.9 Å². The molecule has 17 nitrogen and oxygen atoms in total. The van der Waals surface area contributed by atoms with Crippen LogP contribution >= 0.6 is 0 Å². The largest absolute Gasteiger partial charge is 0.507 e. The Bertz CT molecular complexity index is 2490. The van der Waals surface area contributed by atoms with E-state index in [4.69, 9.17) is 28.8 Å². The van der Waals surface area contributed by atoms with Crippen LogP contribution in [0.5, 0.6) is 28.7 Å². The first-order chi connectivity index (χ1) is 32.2. The van der Waals surface area contributed by atoms with E-state index in [1.165, 1.54) is 59.4 Å². The minimum Gasteiger partial charge on any atom is -0.507 e. The van der Waals surface area contributed by atoms with Crippen LogP contribution in [0.15, 0.2) is 65.5 Å². The van der Waals surface area contributed by atoms with Gasteiger partial charge in [0.05, 0.1) is 60.1 Å². The number of phenolic OH excluding ortho intramolecular Hbond substituents is 3. The van der Waals surface area contributed by atoms with Crippen molar-refractivity contribution in [2.75, 3.05) is 45.7 Å². The van der Waals surface area contributed by atoms with Gasteiger partial charge in [0.15, 0.2) is 5.75 Å². The maximum absolute atomic E-state index is 14.6. The first-order valence-corrected chi connectivity index (χ1v) is 22.9. The Kier molecular flexibility index (Phi) is 16.2. The number of aliphatic hydroxyl groups is 2. The van der Waals surface area contributed by atoms with Crippen LogP contribution in [0.3, 0.4) is 0 Å². The van der Waals surface area contributed by atoms with Gasteiger partial charge in [-0.3, -0.25) is 24.3 Å². The molecule has 3 aromatic carbocycles. The van der Waals surface area contributed by atoms with Crippen molar-refractivity contribution >= 4 is 40.3 Å². The zero-order valence-corrected chi connectivity index (χ0v) is 40.5. The van der Waals surface area contributed by atoms with Gasteiger partial charge < -0.3 is 54.5 Å². The van der Waals surface area contributed by atoms with E-state index >= 15 is 0 Å². The van der Waals surface area contributed by atoms with E-state index in [1.807, 2.05) is 29.3 Å². The number of carbonyl (C=O) groups is 3. The van der Waals surface area contributed by atoms with E-state index in [0.29, 0.717) is 26.2 Å². The smallest absolute Gasteiger partial charge is 0.312 e. The molecule has 17 heteroatoms. The molecule has 5 bridgehead atoms. The highest BCUT2D eigenvalue weighted by Crippen LogP contribution is 2.55. The van der Waals surface area contributed by atoms with Gasteiger partial charge in [-0.25, -0.2) is 0 Å². The summed E-state index contributed by atoms with van der Waals surface area (Å²) in [5.74, 6) is -7.71. The van der Waals surface area contributed by atoms with Crippen LogP contribution in [0.2, 0.25) is 0 Å². The van der Waals surface area contributed by atoms with E-state index in [2.05, 4.69) is 10.2 Å². The zero-order valence-electron chi connectivity index (χ0n) is 40.5. The highest BCUT2D eigenvalue weighted by molar-refractivity contribution is 6.23. The van der Waals surface area contributed by atoms with Crippen molar-refractivity contribution in [1.82, 2.24) is 9.91 Å². The van der Waals surface area contributed by atoms with Crippen molar-refractivity contribution in [3.63, 3.8) is 0 Å². The molecule has 0 spiro atoms. The molecule has 9 unspecified atom stereocenters. The van der Waals surface area contributed by atoms with Gasteiger partial charge in [0.25, 0.3) is 11.7 Å². The number of amides is 1. The van der Waals surface area contributed by atoms with Gasteiger partial charge in [0.2, 0.25) is 0 Å². The lowest BCUT2D eigenvalue weighted by Gasteiger charge is -2.38. The summed E-state index contributed by atoms with van der Waals surface area (Å²) < 4.78 is 29.1. The molecule has 6 N–H and O–H groups in total. The lowest BCUT2D eigenvalue weighted by atomic mass is 9.78. The molecule has 0 aromatic heterocycles. The molecule has 1 saturated heterocycles. The number of phenols is 3. The molecule has 4 heterocycles. The Balaban J connectivity index is 1.45. The van der Waals surface area contributed by atoms with Crippen molar-refractivity contribution < 1.29 is 63.6 Å². The van der Waals surface area contributed by atoms with E-state index in [-0.39, 0.29) is 44.5 Å². The molecular weight excluding hydrogens is 877 g/mol. The Labute approximate surface area is 397 Å². The highest BCUT2D eigenvalue weighted by atomic mass is 16.7. The van der Waals surface area contributed by atoms with Gasteiger partial charge >= 0.3 is 11.8 Å². The Morgan fingerprint density at radius 3 is 2.28 bits per heavy atom. The predicted molar refractivity (Wildman–Crippen MR) is 256 cm³/mol. The number of hydrogen-bond acceptors (Lipinski definition) is 16. The van der Waals surface area contributed by atoms with Crippen LogP contribution in [0, 0.1) is 30.6 Å². The second-order valence-corrected chi connectivity index (χ2v) is 18.3. The lowest BCUT2D eigenvalue weighted by Crippen LogP contribution is -2.46. The number of aromatic hydroxyl groups is 3. The summed E-state index contributed by atoms with van der Waals surface area (Å²) in [7, 11) is 3.06. The number of rotatable bonds is 7. The monoisotopic (exact) mass is 942 g/mol. The summed E-state index contributed by atoms with van der Waals surface area (Å²) in [5.41, 5.74) is 0.723. The Hall–Kier alpha value is -6.14. The van der Waals surface area contributed by atoms with Crippen molar-refractivity contribution in [3.8, 4) is 28.7 Å². The van der Waals surface area contributed by atoms with Gasteiger partial charge in [-0.2, -0.15) is 5.10 Å². The van der Waals surface area contributed by atoms with Crippen molar-refractivity contribution in [2.24, 2.45) is 28.8 Å². The molecule has 4 aliphatic rings. The SMILES string of the molecule is COc1ccc(CN2CCCN(/N=C/c3c4c(O)c5c(O)c(C)c6c(c5c3O)C(=O)C(C)(OC=CC(OC)C(C)C(OC(C)=O)C(C)C(O)C(C)C(O)C(C)C=CC=C(C)C(=O)N4)O6)CC2)cc1. The number of methoxy groups -OCH3 is 2. The molecule has 4 aliphatic heterocycles. The van der Waals surface area contributed by atoms with Crippen LogP contribution in [-0.4, -0.2) is 130 Å². The number of Topliss-reactive ketones (excluding diaryl/α,β-unsaturated/α-hetero) is 1. The first kappa shape index (κ1) is 51.3. The molecule has 9 atom stereocenters. The molecule has 1 amide bonds. The molecule has 7 rings (SSSR count). The number of ether oxygens (including phenoxy) is 5. The number of ketones is 1. The number of hydrazone groups is 1. The molecule has 368 valence electrons. The number of fused-ring (bicyclic) bond motifs is 14. The number of nitrogens with zero attached hydrogens (tertiary/aromatic N) is 3. The van der Waals surface area contributed by atoms with E-state index in [0.717, 1.165) is 24.3 Å². The van der Waals surface area contributed by atoms with Gasteiger partial charge in [0.1, 0.15) is 29.1 Å². The summed E-state index contributed by atoms with van der Waals surface area (Å²) in [4.78, 5) is 43.3. The maximum Gasteiger partial charge on any atom is 0.312 e. The van der Waals surface area contributed by atoms with E-state index < -0.39 is 88.8 Å². The number of anilines is 1. The standard InChI is InChI=1S/C51H66N4O13/c1-27-13-11-14-28(2)50(63)53-41-36(25-52-55-21-12-20-54(22-23-55)26-34-15-17-35(64-9)18-16-34)45(60)38-39(46(41)61)44(59)32(6)48-40(38)49(62)51(8,68-48)66-24-19-37(65-10)29(3)47(67-33(7)56)31(5)43(58)30(4)42(27)57/h11,13-19,24-25,27,29-31,37,42-43,47,57-61H,12,20-23,26H2,1-10H3,(H,53,63)/b13-11?,24-19?,28-14?,52-25+. The number of benzene rings is 3. The van der Waals surface area contributed by atoms with Crippen LogP contribution in [0.1, 0.15) is 81.9 Å². The molecule has 0 aliphatic carbocycles. The molecular formula is C51H66N4O13. The fourth-order valence-corrected chi connectivity index (χ4v) is 9.23. The highest BCUT2D eigenvalue weighted by Gasteiger charge is 2.50. The molecule has 3 aromatic rings. The second kappa shape index (κ2) is 21.4. The van der Waals surface area contributed by atoms with Crippen LogP contribution in [0.25, 0.3) is 10.8 Å². The minimum absolute atomic E-state index is 0.0479. The number of nitrogens with one attached hydrogen (secondary N) is 1. The number of esters is 1. The third kappa shape index (κ3) is 10.6. The average molecular weight is 943 g/mol. The van der Waals surface area contributed by atoms with Crippen LogP contribution in [0.4, 0.5) is 5.69 Å². The van der Waals surface area contributed by atoms with Crippen molar-refractivity contribution in [1.29, 1.82) is 0 Å². The fourth-order valence-electron chi connectivity index (χ4n) is 9.23. The lowest BCUT2D eigenvalue weighted by molar-refractivity contribution is -0.160. The zero-order chi connectivity index (χ0) is 49.8. The Morgan fingerprint density at radius 2 is 1.62 bits per heavy atom. The number of aliphatic hydroxyl groups excluding tert-OH is 2. The normalized spacial score (nSPS) is 27.8. The van der Waals surface area contributed by atoms with Gasteiger partial charge in [-0.05, 0) is 44.0 Å². The fraction of sp³-hybridized carbons (Fsp3) is 0.490. The summed E-state index contributed by atoms with van der Waals surface area (Å²) in [6.45, 7) is 15.8. The van der Waals surface area contributed by atoms with Gasteiger partial charge in [-0.1, -0.05) is 58.1 Å². The summed E-state index contributed by atoms with van der Waals surface area (Å²) in [6, 6.07) is 7.89. The van der Waals surface area contributed by atoms with Gasteiger partial charge in [-0.15, -0.1) is 0 Å². The summed E-state index contributed by atoms with van der Waals surface area (Å²) in [6.07, 6.45) is 5.61. The number of hydrogen-bond donors (Lipinski definition) is 6. The molecule has 0 saturated carbocycles. The molecule has 68 heavy (non-hydrogen) atoms. The minimum atomic E-state index is -2.07. The maximum atomic E-state index is 14.6. The number of carbonyl (C=O) groups excluding carboxylic acids is 3.